The molecule has 3 nitrogen and oxygen atoms in total. The largest absolute Gasteiger partial charge is 0.360 e. The highest BCUT2D eigenvalue weighted by molar-refractivity contribution is 7.99. The van der Waals surface area contributed by atoms with E-state index >= 15 is 0 Å². The normalized spacial score (nSPS) is 15.0. The Bertz CT molecular complexity index is 690. The summed E-state index contributed by atoms with van der Waals surface area (Å²) in [5.74, 6) is 1.05. The molecule has 23 heavy (non-hydrogen) atoms. The van der Waals surface area contributed by atoms with Crippen molar-refractivity contribution in [1.82, 2.24) is 5.32 Å². The summed E-state index contributed by atoms with van der Waals surface area (Å²) in [4.78, 5) is 15.8. The molecule has 1 N–H and O–H groups in total. The minimum Gasteiger partial charge on any atom is -0.360 e. The van der Waals surface area contributed by atoms with Gasteiger partial charge in [0.15, 0.2) is 0 Å². The number of hydrogen-bond acceptors (Lipinski definition) is 3. The molecule has 2 aromatic rings. The predicted octanol–water partition coefficient (Wildman–Crippen LogP) is 4.13. The zero-order chi connectivity index (χ0) is 16.2. The third-order valence-corrected chi connectivity index (χ3v) is 5.20. The third kappa shape index (κ3) is 4.01. The van der Waals surface area contributed by atoms with Gasteiger partial charge in [-0.15, -0.1) is 11.8 Å². The summed E-state index contributed by atoms with van der Waals surface area (Å²) < 4.78 is 0. The van der Waals surface area contributed by atoms with Crippen LogP contribution in [0.15, 0.2) is 53.4 Å². The number of benzene rings is 2. The first-order chi connectivity index (χ1) is 11.1. The quantitative estimate of drug-likeness (QED) is 0.903. The van der Waals surface area contributed by atoms with Gasteiger partial charge in [0.1, 0.15) is 0 Å². The first-order valence-corrected chi connectivity index (χ1v) is 9.01. The molecule has 5 heteroatoms. The molecular weight excluding hydrogens is 328 g/mol. The lowest BCUT2D eigenvalue weighted by molar-refractivity contribution is -0.120. The van der Waals surface area contributed by atoms with Crippen molar-refractivity contribution in [3.05, 3.63) is 59.1 Å². The van der Waals surface area contributed by atoms with Crippen LogP contribution in [-0.4, -0.2) is 24.7 Å². The molecule has 0 radical (unpaired) electrons. The Kier molecular flexibility index (Phi) is 5.13. The number of carbonyl (C=O) groups excluding carboxylic acids is 1. The average Bonchev–Trinajstić information content (AvgIpc) is 2.55. The zero-order valence-corrected chi connectivity index (χ0v) is 14.5. The molecule has 3 rings (SSSR count). The molecule has 120 valence electrons. The number of thioether (sulfide) groups is 1. The molecule has 2 aromatic carbocycles. The lowest BCUT2D eigenvalue weighted by Gasteiger charge is -2.30. The summed E-state index contributed by atoms with van der Waals surface area (Å²) >= 11 is 7.75. The molecule has 0 spiro atoms. The fourth-order valence-corrected chi connectivity index (χ4v) is 3.86. The molecule has 1 heterocycles. The molecule has 0 bridgehead atoms. The van der Waals surface area contributed by atoms with Gasteiger partial charge in [0.05, 0.1) is 18.3 Å². The zero-order valence-electron chi connectivity index (χ0n) is 13.0. The molecule has 1 aliphatic heterocycles. The molecule has 1 amide bonds. The lowest BCUT2D eigenvalue weighted by atomic mass is 10.1. The van der Waals surface area contributed by atoms with Crippen molar-refractivity contribution in [3.63, 3.8) is 0 Å². The summed E-state index contributed by atoms with van der Waals surface area (Å²) in [6, 6.07) is 15.8. The molecule has 0 unspecified atom stereocenters. The van der Waals surface area contributed by atoms with Crippen molar-refractivity contribution in [3.8, 4) is 0 Å². The van der Waals surface area contributed by atoms with Gasteiger partial charge in [0.25, 0.3) is 0 Å². The Morgan fingerprint density at radius 3 is 2.78 bits per heavy atom. The van der Waals surface area contributed by atoms with Crippen LogP contribution in [0.4, 0.5) is 5.69 Å². The Hall–Kier alpha value is -1.65. The number of amides is 1. The molecular formula is C18H19ClN2OS. The summed E-state index contributed by atoms with van der Waals surface area (Å²) in [7, 11) is 0. The van der Waals surface area contributed by atoms with Crippen molar-refractivity contribution in [1.29, 1.82) is 0 Å². The van der Waals surface area contributed by atoms with E-state index in [9.17, 15) is 4.79 Å². The number of rotatable bonds is 4. The van der Waals surface area contributed by atoms with E-state index in [4.69, 9.17) is 11.6 Å². The predicted molar refractivity (Wildman–Crippen MR) is 97.4 cm³/mol. The maximum atomic E-state index is 12.4. The lowest BCUT2D eigenvalue weighted by Crippen LogP contribution is -2.40. The highest BCUT2D eigenvalue weighted by Gasteiger charge is 2.20. The minimum atomic E-state index is -0.0332. The van der Waals surface area contributed by atoms with Crippen LogP contribution in [0.1, 0.15) is 18.5 Å². The van der Waals surface area contributed by atoms with Crippen molar-refractivity contribution in [2.45, 2.75) is 17.9 Å². The van der Waals surface area contributed by atoms with Crippen LogP contribution in [-0.2, 0) is 4.79 Å². The smallest absolute Gasteiger partial charge is 0.239 e. The molecule has 0 aromatic heterocycles. The molecule has 1 aliphatic rings. The van der Waals surface area contributed by atoms with Crippen LogP contribution in [0.3, 0.4) is 0 Å². The monoisotopic (exact) mass is 346 g/mol. The van der Waals surface area contributed by atoms with E-state index in [1.807, 2.05) is 55.1 Å². The van der Waals surface area contributed by atoms with Crippen molar-refractivity contribution in [2.75, 3.05) is 23.7 Å². The summed E-state index contributed by atoms with van der Waals surface area (Å²) in [6.45, 7) is 3.26. The second-order valence-corrected chi connectivity index (χ2v) is 7.15. The van der Waals surface area contributed by atoms with Crippen molar-refractivity contribution in [2.24, 2.45) is 0 Å². The standard InChI is InChI=1S/C18H19ClN2OS/c1-13(14-6-8-15(19)9-7-14)20-18(22)12-21-10-11-23-17-5-3-2-4-16(17)21/h2-9,13H,10-12H2,1H3,(H,20,22)/t13-/m0/s1. The number of hydrogen-bond donors (Lipinski definition) is 1. The number of fused-ring (bicyclic) bond motifs is 1. The highest BCUT2D eigenvalue weighted by Crippen LogP contribution is 2.33. The minimum absolute atomic E-state index is 0.0332. The van der Waals surface area contributed by atoms with Crippen LogP contribution in [0.25, 0.3) is 0 Å². The van der Waals surface area contributed by atoms with E-state index < -0.39 is 0 Å². The van der Waals surface area contributed by atoms with Crippen LogP contribution < -0.4 is 10.2 Å². The van der Waals surface area contributed by atoms with Gasteiger partial charge in [-0.05, 0) is 36.8 Å². The van der Waals surface area contributed by atoms with Gasteiger partial charge >= 0.3 is 0 Å². The van der Waals surface area contributed by atoms with Gasteiger partial charge in [-0.25, -0.2) is 0 Å². The maximum Gasteiger partial charge on any atom is 0.239 e. The van der Waals surface area contributed by atoms with E-state index in [1.54, 1.807) is 0 Å². The van der Waals surface area contributed by atoms with E-state index in [0.717, 1.165) is 23.5 Å². The van der Waals surface area contributed by atoms with Crippen LogP contribution in [0.2, 0.25) is 5.02 Å². The summed E-state index contributed by atoms with van der Waals surface area (Å²) in [5.41, 5.74) is 2.20. The Labute approximate surface area is 146 Å². The van der Waals surface area contributed by atoms with Gasteiger partial charge in [-0.1, -0.05) is 35.9 Å². The average molecular weight is 347 g/mol. The van der Waals surface area contributed by atoms with Gasteiger partial charge in [0, 0.05) is 22.2 Å². The van der Waals surface area contributed by atoms with Crippen molar-refractivity contribution < 1.29 is 4.79 Å². The van der Waals surface area contributed by atoms with Crippen LogP contribution in [0, 0.1) is 0 Å². The van der Waals surface area contributed by atoms with Gasteiger partial charge < -0.3 is 10.2 Å². The van der Waals surface area contributed by atoms with E-state index in [0.29, 0.717) is 11.6 Å². The first-order valence-electron chi connectivity index (χ1n) is 7.65. The van der Waals surface area contributed by atoms with E-state index in [-0.39, 0.29) is 11.9 Å². The molecule has 0 saturated carbocycles. The number of anilines is 1. The van der Waals surface area contributed by atoms with Crippen LogP contribution in [0.5, 0.6) is 0 Å². The number of carbonyl (C=O) groups is 1. The fraction of sp³-hybridized carbons (Fsp3) is 0.278. The second-order valence-electron chi connectivity index (χ2n) is 5.58. The van der Waals surface area contributed by atoms with Gasteiger partial charge in [-0.2, -0.15) is 0 Å². The van der Waals surface area contributed by atoms with Crippen molar-refractivity contribution >= 4 is 35.0 Å². The topological polar surface area (TPSA) is 32.3 Å². The van der Waals surface area contributed by atoms with E-state index in [1.165, 1.54) is 4.90 Å². The summed E-state index contributed by atoms with van der Waals surface area (Å²) in [6.07, 6.45) is 0. The SMILES string of the molecule is C[C@H](NC(=O)CN1CCSc2ccccc21)c1ccc(Cl)cc1. The highest BCUT2D eigenvalue weighted by atomic mass is 35.5. The molecule has 1 atom stereocenters. The Morgan fingerprint density at radius 2 is 2.00 bits per heavy atom. The van der Waals surface area contributed by atoms with Gasteiger partial charge in [-0.3, -0.25) is 4.79 Å². The van der Waals surface area contributed by atoms with Gasteiger partial charge in [0.2, 0.25) is 5.91 Å². The number of halogens is 1. The maximum absolute atomic E-state index is 12.4. The number of para-hydroxylation sites is 1. The van der Waals surface area contributed by atoms with E-state index in [2.05, 4.69) is 22.3 Å². The summed E-state index contributed by atoms with van der Waals surface area (Å²) in [5, 5.41) is 3.77. The molecule has 0 aliphatic carbocycles. The second kappa shape index (κ2) is 7.28. The Balaban J connectivity index is 1.63. The third-order valence-electron chi connectivity index (χ3n) is 3.91. The number of nitrogens with one attached hydrogen (secondary N) is 1. The first kappa shape index (κ1) is 16.2. The molecule has 0 fully saturated rings. The fourth-order valence-electron chi connectivity index (χ4n) is 2.69. The molecule has 0 saturated heterocycles. The number of nitrogens with zero attached hydrogens (tertiary/aromatic N) is 1. The van der Waals surface area contributed by atoms with Crippen LogP contribution >= 0.6 is 23.4 Å². The Morgan fingerprint density at radius 1 is 1.26 bits per heavy atom.